The molecule has 4 heteroatoms. The van der Waals surface area contributed by atoms with Crippen molar-refractivity contribution in [2.75, 3.05) is 13.6 Å². The summed E-state index contributed by atoms with van der Waals surface area (Å²) in [5, 5.41) is 9.78. The molecule has 0 aliphatic carbocycles. The van der Waals surface area contributed by atoms with Gasteiger partial charge in [0.1, 0.15) is 6.54 Å². The van der Waals surface area contributed by atoms with Crippen molar-refractivity contribution in [3.05, 3.63) is 35.0 Å². The van der Waals surface area contributed by atoms with E-state index in [0.29, 0.717) is 5.56 Å². The normalized spacial score (nSPS) is 10.6. The average molecular weight is 269 g/mol. The van der Waals surface area contributed by atoms with Gasteiger partial charge in [-0.05, 0) is 44.5 Å². The van der Waals surface area contributed by atoms with E-state index in [2.05, 4.69) is 25.3 Å². The van der Waals surface area contributed by atoms with Gasteiger partial charge in [-0.25, -0.2) is 0 Å². The van der Waals surface area contributed by atoms with E-state index in [1.54, 1.807) is 7.05 Å². The Morgan fingerprint density at radius 2 is 2.10 bits per heavy atom. The third-order valence-corrected chi connectivity index (χ3v) is 3.86. The first-order valence-corrected chi connectivity index (χ1v) is 6.73. The van der Waals surface area contributed by atoms with Gasteiger partial charge in [0, 0.05) is 35.8 Å². The summed E-state index contributed by atoms with van der Waals surface area (Å²) in [6, 6.07) is 7.75. The number of carbonyl (C=O) groups is 1. The zero-order valence-corrected chi connectivity index (χ0v) is 12.4. The van der Waals surface area contributed by atoms with Gasteiger partial charge in [-0.2, -0.15) is 5.26 Å². The predicted molar refractivity (Wildman–Crippen MR) is 79.7 cm³/mol. The molecule has 0 aliphatic heterocycles. The fourth-order valence-electron chi connectivity index (χ4n) is 2.59. The molecule has 0 bridgehead atoms. The number of aromatic nitrogens is 1. The number of hydrogen-bond donors (Lipinski definition) is 0. The van der Waals surface area contributed by atoms with Gasteiger partial charge in [0.05, 0.1) is 6.07 Å². The number of fused-ring (bicyclic) bond motifs is 1. The first-order valence-electron chi connectivity index (χ1n) is 6.73. The summed E-state index contributed by atoms with van der Waals surface area (Å²) in [4.78, 5) is 13.6. The van der Waals surface area contributed by atoms with Crippen LogP contribution in [0, 0.1) is 25.2 Å². The van der Waals surface area contributed by atoms with Crippen LogP contribution in [0.15, 0.2) is 18.2 Å². The van der Waals surface area contributed by atoms with Crippen LogP contribution in [0.3, 0.4) is 0 Å². The Morgan fingerprint density at radius 1 is 1.40 bits per heavy atom. The van der Waals surface area contributed by atoms with Crippen molar-refractivity contribution in [1.29, 1.82) is 5.26 Å². The molecule has 1 aromatic heterocycles. The Labute approximate surface area is 119 Å². The van der Waals surface area contributed by atoms with Crippen molar-refractivity contribution in [2.24, 2.45) is 0 Å². The second kappa shape index (κ2) is 5.38. The molecular formula is C16H19N3O. The van der Waals surface area contributed by atoms with Crippen LogP contribution >= 0.6 is 0 Å². The SMILES string of the molecule is CCn1c(C)c(C)c2cc(C(=O)N(C)CC#N)ccc21. The van der Waals surface area contributed by atoms with E-state index in [0.717, 1.165) is 17.4 Å². The lowest BCUT2D eigenvalue weighted by molar-refractivity contribution is 0.0812. The molecule has 0 radical (unpaired) electrons. The summed E-state index contributed by atoms with van der Waals surface area (Å²) < 4.78 is 2.25. The fourth-order valence-corrected chi connectivity index (χ4v) is 2.59. The fraction of sp³-hybridized carbons (Fsp3) is 0.375. The van der Waals surface area contributed by atoms with Crippen molar-refractivity contribution >= 4 is 16.8 Å². The van der Waals surface area contributed by atoms with Gasteiger partial charge in [-0.3, -0.25) is 4.79 Å². The molecule has 0 atom stereocenters. The molecular weight excluding hydrogens is 250 g/mol. The molecule has 1 amide bonds. The molecule has 0 spiro atoms. The summed E-state index contributed by atoms with van der Waals surface area (Å²) in [5.74, 6) is -0.116. The number of amides is 1. The van der Waals surface area contributed by atoms with Crippen LogP contribution in [-0.2, 0) is 6.54 Å². The monoisotopic (exact) mass is 269 g/mol. The molecule has 0 aliphatic rings. The van der Waals surface area contributed by atoms with Crippen molar-refractivity contribution in [2.45, 2.75) is 27.3 Å². The number of benzene rings is 1. The van der Waals surface area contributed by atoms with Gasteiger partial charge >= 0.3 is 0 Å². The lowest BCUT2D eigenvalue weighted by atomic mass is 10.1. The second-order valence-corrected chi connectivity index (χ2v) is 5.01. The molecule has 104 valence electrons. The van der Waals surface area contributed by atoms with Crippen molar-refractivity contribution in [1.82, 2.24) is 9.47 Å². The zero-order chi connectivity index (χ0) is 14.9. The number of nitrogens with zero attached hydrogens (tertiary/aromatic N) is 3. The van der Waals surface area contributed by atoms with Crippen molar-refractivity contribution < 1.29 is 4.79 Å². The van der Waals surface area contributed by atoms with E-state index >= 15 is 0 Å². The summed E-state index contributed by atoms with van der Waals surface area (Å²) >= 11 is 0. The van der Waals surface area contributed by atoms with Crippen LogP contribution in [0.25, 0.3) is 10.9 Å². The molecule has 20 heavy (non-hydrogen) atoms. The molecule has 4 nitrogen and oxygen atoms in total. The largest absolute Gasteiger partial charge is 0.345 e. The molecule has 0 N–H and O–H groups in total. The minimum absolute atomic E-state index is 0.102. The third-order valence-electron chi connectivity index (χ3n) is 3.86. The van der Waals surface area contributed by atoms with Crippen LogP contribution in [0.2, 0.25) is 0 Å². The van der Waals surface area contributed by atoms with Gasteiger partial charge < -0.3 is 9.47 Å². The number of hydrogen-bond acceptors (Lipinski definition) is 2. The van der Waals surface area contributed by atoms with Crippen molar-refractivity contribution in [3.63, 3.8) is 0 Å². The third kappa shape index (κ3) is 2.16. The lowest BCUT2D eigenvalue weighted by Gasteiger charge is -2.13. The number of carbonyl (C=O) groups excluding carboxylic acids is 1. The van der Waals surface area contributed by atoms with Crippen LogP contribution in [-0.4, -0.2) is 29.0 Å². The standard InChI is InChI=1S/C16H19N3O/c1-5-19-12(3)11(2)14-10-13(6-7-15(14)19)16(20)18(4)9-8-17/h6-7,10H,5,9H2,1-4H3. The van der Waals surface area contributed by atoms with Crippen LogP contribution in [0.1, 0.15) is 28.5 Å². The highest BCUT2D eigenvalue weighted by Gasteiger charge is 2.15. The molecule has 1 aromatic carbocycles. The maximum absolute atomic E-state index is 12.2. The number of nitriles is 1. The van der Waals surface area contributed by atoms with Gasteiger partial charge in [-0.15, -0.1) is 0 Å². The smallest absolute Gasteiger partial charge is 0.254 e. The van der Waals surface area contributed by atoms with E-state index in [-0.39, 0.29) is 12.5 Å². The Bertz CT molecular complexity index is 707. The van der Waals surface area contributed by atoms with Crippen molar-refractivity contribution in [3.8, 4) is 6.07 Å². The van der Waals surface area contributed by atoms with E-state index in [9.17, 15) is 4.79 Å². The summed E-state index contributed by atoms with van der Waals surface area (Å²) in [5.41, 5.74) is 4.23. The summed E-state index contributed by atoms with van der Waals surface area (Å²) in [7, 11) is 1.64. The molecule has 0 saturated heterocycles. The summed E-state index contributed by atoms with van der Waals surface area (Å²) in [6.07, 6.45) is 0. The Morgan fingerprint density at radius 3 is 2.70 bits per heavy atom. The highest BCUT2D eigenvalue weighted by Crippen LogP contribution is 2.26. The minimum Gasteiger partial charge on any atom is -0.345 e. The molecule has 2 aromatic rings. The maximum atomic E-state index is 12.2. The lowest BCUT2D eigenvalue weighted by Crippen LogP contribution is -2.26. The first-order chi connectivity index (χ1) is 9.51. The molecule has 1 heterocycles. The zero-order valence-electron chi connectivity index (χ0n) is 12.4. The van der Waals surface area contributed by atoms with Crippen LogP contribution < -0.4 is 0 Å². The topological polar surface area (TPSA) is 49.0 Å². The average Bonchev–Trinajstić information content (AvgIpc) is 2.69. The number of aryl methyl sites for hydroxylation is 2. The van der Waals surface area contributed by atoms with Gasteiger partial charge in [0.15, 0.2) is 0 Å². The highest BCUT2D eigenvalue weighted by molar-refractivity contribution is 5.99. The highest BCUT2D eigenvalue weighted by atomic mass is 16.2. The predicted octanol–water partition coefficient (Wildman–Crippen LogP) is 2.87. The molecule has 0 fully saturated rings. The maximum Gasteiger partial charge on any atom is 0.254 e. The van der Waals surface area contributed by atoms with E-state index in [1.807, 2.05) is 24.3 Å². The van der Waals surface area contributed by atoms with Crippen LogP contribution in [0.5, 0.6) is 0 Å². The molecule has 2 rings (SSSR count). The Balaban J connectivity index is 2.53. The van der Waals surface area contributed by atoms with E-state index in [4.69, 9.17) is 5.26 Å². The van der Waals surface area contributed by atoms with Gasteiger partial charge in [-0.1, -0.05) is 0 Å². The van der Waals surface area contributed by atoms with Gasteiger partial charge in [0.2, 0.25) is 0 Å². The van der Waals surface area contributed by atoms with Crippen LogP contribution in [0.4, 0.5) is 0 Å². The summed E-state index contributed by atoms with van der Waals surface area (Å²) in [6.45, 7) is 7.31. The Kier molecular flexibility index (Phi) is 3.80. The molecule has 0 unspecified atom stereocenters. The minimum atomic E-state index is -0.116. The van der Waals surface area contributed by atoms with E-state index in [1.165, 1.54) is 16.2 Å². The Hall–Kier alpha value is -2.28. The number of rotatable bonds is 3. The quantitative estimate of drug-likeness (QED) is 0.804. The molecule has 0 saturated carbocycles. The second-order valence-electron chi connectivity index (χ2n) is 5.01. The van der Waals surface area contributed by atoms with E-state index < -0.39 is 0 Å². The first kappa shape index (κ1) is 14.1. The van der Waals surface area contributed by atoms with Gasteiger partial charge in [0.25, 0.3) is 5.91 Å².